The summed E-state index contributed by atoms with van der Waals surface area (Å²) in [5.41, 5.74) is 8.58. The van der Waals surface area contributed by atoms with Crippen molar-refractivity contribution in [3.05, 3.63) is 48.0 Å². The average molecular weight is 406 g/mol. The van der Waals surface area contributed by atoms with Crippen LogP contribution < -0.4 is 10.6 Å². The lowest BCUT2D eigenvalue weighted by atomic mass is 9.64. The fraction of sp³-hybridized carbons (Fsp3) is 0.455. The topological polar surface area (TPSA) is 114 Å². The van der Waals surface area contributed by atoms with Crippen molar-refractivity contribution in [1.82, 2.24) is 20.1 Å². The third-order valence-corrected chi connectivity index (χ3v) is 6.54. The molecule has 1 saturated heterocycles. The predicted octanol–water partition coefficient (Wildman–Crippen LogP) is 2.79. The van der Waals surface area contributed by atoms with E-state index in [1.807, 2.05) is 0 Å². The van der Waals surface area contributed by atoms with Gasteiger partial charge >= 0.3 is 6.01 Å². The van der Waals surface area contributed by atoms with E-state index < -0.39 is 0 Å². The van der Waals surface area contributed by atoms with Gasteiger partial charge in [0.1, 0.15) is 0 Å². The molecular formula is C22H26N6O2. The molecule has 30 heavy (non-hydrogen) atoms. The first-order chi connectivity index (χ1) is 14.7. The number of aromatic nitrogens is 4. The standard InChI is InChI=1S/C22H26N6O2/c23-20-24-11-17(12-25-20)16-4-6-18(7-5-16)22(8-2-9-22)19-26-21(30-27-19)28-10-1-3-15(13-28)14-29/h4-7,11-12,15,29H,1-3,8-10,13-14H2,(H2,23,24,25). The van der Waals surface area contributed by atoms with Gasteiger partial charge in [-0.05, 0) is 42.7 Å². The van der Waals surface area contributed by atoms with Gasteiger partial charge in [0, 0.05) is 37.7 Å². The number of aliphatic hydroxyl groups excluding tert-OH is 1. The summed E-state index contributed by atoms with van der Waals surface area (Å²) < 4.78 is 5.66. The number of nitrogen functional groups attached to an aromatic ring is 1. The van der Waals surface area contributed by atoms with Gasteiger partial charge in [-0.1, -0.05) is 35.8 Å². The normalized spacial score (nSPS) is 20.7. The van der Waals surface area contributed by atoms with Crippen LogP contribution in [0.15, 0.2) is 41.2 Å². The van der Waals surface area contributed by atoms with Gasteiger partial charge < -0.3 is 20.3 Å². The summed E-state index contributed by atoms with van der Waals surface area (Å²) in [5.74, 6) is 1.31. The molecule has 0 radical (unpaired) electrons. The molecule has 3 heterocycles. The van der Waals surface area contributed by atoms with Crippen molar-refractivity contribution in [3.8, 4) is 11.1 Å². The molecular weight excluding hydrogens is 380 g/mol. The Morgan fingerprint density at radius 3 is 2.53 bits per heavy atom. The van der Waals surface area contributed by atoms with E-state index in [9.17, 15) is 5.11 Å². The van der Waals surface area contributed by atoms with Crippen molar-refractivity contribution in [3.63, 3.8) is 0 Å². The third kappa shape index (κ3) is 3.31. The summed E-state index contributed by atoms with van der Waals surface area (Å²) >= 11 is 0. The maximum Gasteiger partial charge on any atom is 0.324 e. The summed E-state index contributed by atoms with van der Waals surface area (Å²) in [7, 11) is 0. The number of piperidine rings is 1. The molecule has 0 bridgehead atoms. The first kappa shape index (κ1) is 19.0. The maximum absolute atomic E-state index is 9.50. The highest BCUT2D eigenvalue weighted by atomic mass is 16.5. The minimum Gasteiger partial charge on any atom is -0.396 e. The Morgan fingerprint density at radius 1 is 1.10 bits per heavy atom. The van der Waals surface area contributed by atoms with Gasteiger partial charge in [-0.3, -0.25) is 0 Å². The molecule has 2 fully saturated rings. The Hall–Kier alpha value is -3.00. The Bertz CT molecular complexity index is 997. The maximum atomic E-state index is 9.50. The highest BCUT2D eigenvalue weighted by molar-refractivity contribution is 5.62. The number of aliphatic hydroxyl groups is 1. The van der Waals surface area contributed by atoms with Crippen LogP contribution in [0.1, 0.15) is 43.5 Å². The van der Waals surface area contributed by atoms with Crippen molar-refractivity contribution in [1.29, 1.82) is 0 Å². The highest BCUT2D eigenvalue weighted by Crippen LogP contribution is 2.48. The van der Waals surface area contributed by atoms with E-state index >= 15 is 0 Å². The second-order valence-electron chi connectivity index (χ2n) is 8.38. The zero-order valence-corrected chi connectivity index (χ0v) is 16.9. The molecule has 3 aromatic rings. The van der Waals surface area contributed by atoms with Gasteiger partial charge in [-0.2, -0.15) is 4.98 Å². The van der Waals surface area contributed by atoms with Crippen LogP contribution in [0.5, 0.6) is 0 Å². The Kier molecular flexibility index (Phi) is 4.86. The van der Waals surface area contributed by atoms with E-state index in [0.717, 1.165) is 62.1 Å². The molecule has 0 spiro atoms. The smallest absolute Gasteiger partial charge is 0.324 e. The minimum atomic E-state index is -0.190. The molecule has 8 nitrogen and oxygen atoms in total. The van der Waals surface area contributed by atoms with E-state index in [0.29, 0.717) is 6.01 Å². The van der Waals surface area contributed by atoms with E-state index in [2.05, 4.69) is 44.3 Å². The second kappa shape index (κ2) is 7.68. The molecule has 1 aromatic carbocycles. The van der Waals surface area contributed by atoms with Gasteiger partial charge in [0.15, 0.2) is 5.82 Å². The zero-order valence-electron chi connectivity index (χ0n) is 16.9. The summed E-state index contributed by atoms with van der Waals surface area (Å²) in [6.07, 6.45) is 8.72. The molecule has 2 aromatic heterocycles. The Morgan fingerprint density at radius 2 is 1.87 bits per heavy atom. The lowest BCUT2D eigenvalue weighted by Crippen LogP contribution is -2.38. The van der Waals surface area contributed by atoms with Crippen molar-refractivity contribution >= 4 is 12.0 Å². The molecule has 1 saturated carbocycles. The predicted molar refractivity (Wildman–Crippen MR) is 113 cm³/mol. The Balaban J connectivity index is 1.39. The number of nitrogens with zero attached hydrogens (tertiary/aromatic N) is 5. The van der Waals surface area contributed by atoms with Crippen molar-refractivity contribution < 1.29 is 9.63 Å². The SMILES string of the molecule is Nc1ncc(-c2ccc(C3(c4noc(N5CCCC(CO)C5)n4)CCC3)cc2)cn1. The largest absolute Gasteiger partial charge is 0.396 e. The summed E-state index contributed by atoms with van der Waals surface area (Å²) in [4.78, 5) is 15.1. The lowest BCUT2D eigenvalue weighted by Gasteiger charge is -2.39. The van der Waals surface area contributed by atoms with E-state index in [1.165, 1.54) is 5.56 Å². The van der Waals surface area contributed by atoms with Gasteiger partial charge in [0.25, 0.3) is 0 Å². The zero-order chi connectivity index (χ0) is 20.6. The number of rotatable bonds is 5. The molecule has 1 aliphatic heterocycles. The molecule has 0 amide bonds. The minimum absolute atomic E-state index is 0.190. The first-order valence-electron chi connectivity index (χ1n) is 10.6. The van der Waals surface area contributed by atoms with Crippen molar-refractivity contribution in [2.45, 2.75) is 37.5 Å². The fourth-order valence-electron chi connectivity index (χ4n) is 4.57. The second-order valence-corrected chi connectivity index (χ2v) is 8.38. The average Bonchev–Trinajstić information content (AvgIpc) is 3.24. The highest BCUT2D eigenvalue weighted by Gasteiger charge is 2.45. The summed E-state index contributed by atoms with van der Waals surface area (Å²) in [6, 6.07) is 9.03. The first-order valence-corrected chi connectivity index (χ1v) is 10.6. The van der Waals surface area contributed by atoms with Gasteiger partial charge in [-0.15, -0.1) is 0 Å². The van der Waals surface area contributed by atoms with Crippen molar-refractivity contribution in [2.24, 2.45) is 5.92 Å². The van der Waals surface area contributed by atoms with Crippen LogP contribution in [0.4, 0.5) is 12.0 Å². The number of hydrogen-bond acceptors (Lipinski definition) is 8. The monoisotopic (exact) mass is 406 g/mol. The van der Waals surface area contributed by atoms with E-state index in [4.69, 9.17) is 15.2 Å². The van der Waals surface area contributed by atoms with Crippen molar-refractivity contribution in [2.75, 3.05) is 30.3 Å². The van der Waals surface area contributed by atoms with Crippen LogP contribution in [-0.4, -0.2) is 44.9 Å². The number of hydrogen-bond donors (Lipinski definition) is 2. The molecule has 3 N–H and O–H groups in total. The summed E-state index contributed by atoms with van der Waals surface area (Å²) in [6.45, 7) is 1.86. The molecule has 156 valence electrons. The number of anilines is 2. The van der Waals surface area contributed by atoms with E-state index in [1.54, 1.807) is 12.4 Å². The van der Waals surface area contributed by atoms with E-state index in [-0.39, 0.29) is 23.9 Å². The van der Waals surface area contributed by atoms with Crippen LogP contribution in [0.25, 0.3) is 11.1 Å². The molecule has 8 heteroatoms. The fourth-order valence-corrected chi connectivity index (χ4v) is 4.57. The molecule has 1 unspecified atom stereocenters. The number of nitrogens with two attached hydrogens (primary N) is 1. The molecule has 1 aliphatic carbocycles. The number of benzene rings is 1. The van der Waals surface area contributed by atoms with Gasteiger partial charge in [0.2, 0.25) is 5.95 Å². The molecule has 2 aliphatic rings. The van der Waals surface area contributed by atoms with Crippen LogP contribution in [0, 0.1) is 5.92 Å². The molecule has 5 rings (SSSR count). The summed E-state index contributed by atoms with van der Waals surface area (Å²) in [5, 5.41) is 13.9. The van der Waals surface area contributed by atoms with Gasteiger partial charge in [-0.25, -0.2) is 9.97 Å². The Labute approximate surface area is 175 Å². The van der Waals surface area contributed by atoms with Crippen LogP contribution in [0.3, 0.4) is 0 Å². The lowest BCUT2D eigenvalue weighted by molar-refractivity contribution is 0.205. The van der Waals surface area contributed by atoms with Crippen LogP contribution in [0.2, 0.25) is 0 Å². The van der Waals surface area contributed by atoms with Gasteiger partial charge in [0.05, 0.1) is 5.41 Å². The third-order valence-electron chi connectivity index (χ3n) is 6.54. The van der Waals surface area contributed by atoms with Crippen LogP contribution in [-0.2, 0) is 5.41 Å². The molecule has 1 atom stereocenters. The van der Waals surface area contributed by atoms with Crippen LogP contribution >= 0.6 is 0 Å². The quantitative estimate of drug-likeness (QED) is 0.665.